The molecule has 0 bridgehead atoms. The first-order valence-electron chi connectivity index (χ1n) is 9.23. The van der Waals surface area contributed by atoms with Gasteiger partial charge in [0.1, 0.15) is 0 Å². The number of hydrogen-bond donors (Lipinski definition) is 2. The van der Waals surface area contributed by atoms with Crippen LogP contribution in [-0.2, 0) is 16.1 Å². The minimum atomic E-state index is -0.233. The van der Waals surface area contributed by atoms with Crippen LogP contribution >= 0.6 is 11.3 Å². The molecular weight excluding hydrogens is 376 g/mol. The molecule has 0 radical (unpaired) electrons. The molecule has 28 heavy (non-hydrogen) atoms. The Bertz CT molecular complexity index is 787. The van der Waals surface area contributed by atoms with Gasteiger partial charge in [-0.2, -0.15) is 11.3 Å². The minimum absolute atomic E-state index is 0.00770. The number of carbonyl (C=O) groups is 3. The molecule has 1 aliphatic rings. The third kappa shape index (κ3) is 5.90. The molecule has 1 aromatic carbocycles. The van der Waals surface area contributed by atoms with Crippen molar-refractivity contribution in [2.75, 3.05) is 39.3 Å². The summed E-state index contributed by atoms with van der Waals surface area (Å²) in [6.07, 6.45) is 0. The first-order chi connectivity index (χ1) is 13.6. The number of benzene rings is 1. The fraction of sp³-hybridized carbons (Fsp3) is 0.350. The number of thiophene rings is 1. The average Bonchev–Trinajstić information content (AvgIpc) is 3.26. The van der Waals surface area contributed by atoms with Crippen molar-refractivity contribution in [3.8, 4) is 0 Å². The van der Waals surface area contributed by atoms with Gasteiger partial charge in [-0.3, -0.25) is 19.3 Å². The Kier molecular flexibility index (Phi) is 7.16. The molecule has 1 fully saturated rings. The summed E-state index contributed by atoms with van der Waals surface area (Å²) >= 11 is 1.44. The van der Waals surface area contributed by atoms with Crippen LogP contribution in [0.3, 0.4) is 0 Å². The molecule has 0 unspecified atom stereocenters. The molecule has 2 aromatic rings. The Morgan fingerprint density at radius 1 is 0.964 bits per heavy atom. The molecule has 2 heterocycles. The van der Waals surface area contributed by atoms with Crippen LogP contribution in [0.5, 0.6) is 0 Å². The Balaban J connectivity index is 1.34. The highest BCUT2D eigenvalue weighted by Gasteiger charge is 2.22. The van der Waals surface area contributed by atoms with Crippen molar-refractivity contribution in [3.05, 3.63) is 58.3 Å². The van der Waals surface area contributed by atoms with Gasteiger partial charge in [0.2, 0.25) is 11.8 Å². The molecule has 8 heteroatoms. The Labute approximate surface area is 168 Å². The van der Waals surface area contributed by atoms with Gasteiger partial charge in [0, 0.05) is 43.7 Å². The molecule has 1 aromatic heterocycles. The molecule has 0 atom stereocenters. The van der Waals surface area contributed by atoms with Crippen molar-refractivity contribution >= 4 is 29.1 Å². The van der Waals surface area contributed by atoms with Crippen LogP contribution in [0.4, 0.5) is 0 Å². The van der Waals surface area contributed by atoms with Crippen molar-refractivity contribution in [2.24, 2.45) is 0 Å². The maximum absolute atomic E-state index is 12.3. The first kappa shape index (κ1) is 20.0. The van der Waals surface area contributed by atoms with Crippen LogP contribution in [0, 0.1) is 0 Å². The maximum atomic E-state index is 12.3. The van der Waals surface area contributed by atoms with Crippen molar-refractivity contribution in [1.82, 2.24) is 20.4 Å². The van der Waals surface area contributed by atoms with Gasteiger partial charge in [-0.05, 0) is 17.0 Å². The lowest BCUT2D eigenvalue weighted by Gasteiger charge is -2.34. The highest BCUT2D eigenvalue weighted by atomic mass is 32.1. The van der Waals surface area contributed by atoms with E-state index in [2.05, 4.69) is 10.6 Å². The predicted octanol–water partition coefficient (Wildman–Crippen LogP) is 0.939. The van der Waals surface area contributed by atoms with E-state index in [0.717, 1.165) is 5.56 Å². The molecule has 3 amide bonds. The molecule has 1 saturated heterocycles. The zero-order chi connectivity index (χ0) is 19.8. The van der Waals surface area contributed by atoms with E-state index < -0.39 is 0 Å². The van der Waals surface area contributed by atoms with Gasteiger partial charge in [-0.1, -0.05) is 30.3 Å². The van der Waals surface area contributed by atoms with E-state index in [4.69, 9.17) is 0 Å². The third-order valence-corrected chi connectivity index (χ3v) is 5.29. The van der Waals surface area contributed by atoms with Gasteiger partial charge >= 0.3 is 0 Å². The lowest BCUT2D eigenvalue weighted by atomic mass is 10.2. The summed E-state index contributed by atoms with van der Waals surface area (Å²) in [5, 5.41) is 9.15. The molecule has 3 rings (SSSR count). The Morgan fingerprint density at radius 2 is 1.71 bits per heavy atom. The van der Waals surface area contributed by atoms with Gasteiger partial charge in [-0.15, -0.1) is 0 Å². The molecule has 7 nitrogen and oxygen atoms in total. The van der Waals surface area contributed by atoms with E-state index in [9.17, 15) is 14.4 Å². The molecule has 148 valence electrons. The maximum Gasteiger partial charge on any atom is 0.252 e. The van der Waals surface area contributed by atoms with Crippen LogP contribution in [0.1, 0.15) is 15.9 Å². The van der Waals surface area contributed by atoms with Crippen LogP contribution in [0.15, 0.2) is 47.2 Å². The highest BCUT2D eigenvalue weighted by molar-refractivity contribution is 7.08. The lowest BCUT2D eigenvalue weighted by molar-refractivity contribution is -0.132. The zero-order valence-electron chi connectivity index (χ0n) is 15.6. The summed E-state index contributed by atoms with van der Waals surface area (Å²) in [5.74, 6) is -0.355. The van der Waals surface area contributed by atoms with E-state index in [-0.39, 0.29) is 24.3 Å². The summed E-state index contributed by atoms with van der Waals surface area (Å²) in [5.41, 5.74) is 1.64. The van der Waals surface area contributed by atoms with Gasteiger partial charge < -0.3 is 15.5 Å². The highest BCUT2D eigenvalue weighted by Crippen LogP contribution is 2.06. The fourth-order valence-electron chi connectivity index (χ4n) is 2.97. The summed E-state index contributed by atoms with van der Waals surface area (Å²) in [6, 6.07) is 11.5. The van der Waals surface area contributed by atoms with Gasteiger partial charge in [0.05, 0.1) is 13.1 Å². The first-order valence-corrected chi connectivity index (χ1v) is 10.2. The minimum Gasteiger partial charge on any atom is -0.351 e. The van der Waals surface area contributed by atoms with Crippen LogP contribution < -0.4 is 10.6 Å². The monoisotopic (exact) mass is 400 g/mol. The predicted molar refractivity (Wildman–Crippen MR) is 108 cm³/mol. The fourth-order valence-corrected chi connectivity index (χ4v) is 3.61. The number of piperazine rings is 1. The number of hydrogen-bond acceptors (Lipinski definition) is 5. The molecule has 0 saturated carbocycles. The smallest absolute Gasteiger partial charge is 0.252 e. The number of amides is 3. The molecular formula is C20H24N4O3S. The van der Waals surface area contributed by atoms with E-state index >= 15 is 0 Å². The summed E-state index contributed by atoms with van der Waals surface area (Å²) in [4.78, 5) is 40.1. The topological polar surface area (TPSA) is 81.8 Å². The lowest BCUT2D eigenvalue weighted by Crippen LogP contribution is -2.52. The number of nitrogens with one attached hydrogen (secondary N) is 2. The molecule has 1 aliphatic heterocycles. The van der Waals surface area contributed by atoms with Crippen molar-refractivity contribution in [1.29, 1.82) is 0 Å². The summed E-state index contributed by atoms with van der Waals surface area (Å²) in [6.45, 7) is 3.22. The zero-order valence-corrected chi connectivity index (χ0v) is 16.4. The van der Waals surface area contributed by atoms with Crippen molar-refractivity contribution < 1.29 is 14.4 Å². The van der Waals surface area contributed by atoms with Gasteiger partial charge in [0.15, 0.2) is 0 Å². The second-order valence-corrected chi connectivity index (χ2v) is 7.39. The molecule has 0 aliphatic carbocycles. The normalized spacial score (nSPS) is 14.5. The van der Waals surface area contributed by atoms with Crippen molar-refractivity contribution in [2.45, 2.75) is 6.54 Å². The second kappa shape index (κ2) is 10.0. The number of rotatable bonds is 7. The van der Waals surface area contributed by atoms with Gasteiger partial charge in [-0.25, -0.2) is 0 Å². The molecule has 0 spiro atoms. The summed E-state index contributed by atoms with van der Waals surface area (Å²) < 4.78 is 0. The molecule has 2 N–H and O–H groups in total. The second-order valence-electron chi connectivity index (χ2n) is 6.61. The van der Waals surface area contributed by atoms with Crippen LogP contribution in [0.25, 0.3) is 0 Å². The Morgan fingerprint density at radius 3 is 2.39 bits per heavy atom. The SMILES string of the molecule is O=C(CN1CCN(C(=O)CNC(=O)c2ccsc2)CC1)NCc1ccccc1. The average molecular weight is 401 g/mol. The van der Waals surface area contributed by atoms with E-state index in [1.54, 1.807) is 16.3 Å². The van der Waals surface area contributed by atoms with Gasteiger partial charge in [0.25, 0.3) is 5.91 Å². The number of nitrogens with zero attached hydrogens (tertiary/aromatic N) is 2. The van der Waals surface area contributed by atoms with Crippen LogP contribution in [-0.4, -0.2) is 66.8 Å². The standard InChI is InChI=1S/C20H24N4O3S/c25-18(21-12-16-4-2-1-3-5-16)14-23-7-9-24(10-8-23)19(26)13-22-20(27)17-6-11-28-15-17/h1-6,11,15H,7-10,12-14H2,(H,21,25)(H,22,27). The number of carbonyl (C=O) groups excluding carboxylic acids is 3. The van der Waals surface area contributed by atoms with E-state index in [1.807, 2.05) is 40.6 Å². The Hall–Kier alpha value is -2.71. The van der Waals surface area contributed by atoms with Crippen LogP contribution in [0.2, 0.25) is 0 Å². The largest absolute Gasteiger partial charge is 0.351 e. The quantitative estimate of drug-likeness (QED) is 0.725. The van der Waals surface area contributed by atoms with E-state index in [0.29, 0.717) is 44.8 Å². The third-order valence-electron chi connectivity index (χ3n) is 4.61. The van der Waals surface area contributed by atoms with E-state index in [1.165, 1.54) is 11.3 Å². The van der Waals surface area contributed by atoms with Crippen molar-refractivity contribution in [3.63, 3.8) is 0 Å². The summed E-state index contributed by atoms with van der Waals surface area (Å²) in [7, 11) is 0.